The normalized spacial score (nSPS) is 20.5. The first-order valence-corrected chi connectivity index (χ1v) is 7.63. The van der Waals surface area contributed by atoms with Crippen LogP contribution in [0.2, 0.25) is 0 Å². The molecule has 1 heterocycles. The van der Waals surface area contributed by atoms with E-state index in [1.54, 1.807) is 6.07 Å². The molecule has 1 aliphatic rings. The molecule has 3 nitrogen and oxygen atoms in total. The quantitative estimate of drug-likeness (QED) is 0.865. The van der Waals surface area contributed by atoms with E-state index in [-0.39, 0.29) is 17.0 Å². The molecular formula is C17H25BFNO2. The second kappa shape index (κ2) is 6.15. The summed E-state index contributed by atoms with van der Waals surface area (Å²) < 4.78 is 25.7. The van der Waals surface area contributed by atoms with Gasteiger partial charge < -0.3 is 14.6 Å². The van der Waals surface area contributed by atoms with E-state index in [0.717, 1.165) is 16.6 Å². The van der Waals surface area contributed by atoms with Crippen molar-refractivity contribution >= 4 is 13.2 Å². The summed E-state index contributed by atoms with van der Waals surface area (Å²) in [6.07, 6.45) is 1.96. The minimum atomic E-state index is -0.430. The van der Waals surface area contributed by atoms with Crippen LogP contribution in [-0.2, 0) is 9.31 Å². The molecule has 0 aromatic heterocycles. The Hall–Kier alpha value is -1.17. The smallest absolute Gasteiger partial charge is 0.400 e. The largest absolute Gasteiger partial charge is 0.491 e. The van der Waals surface area contributed by atoms with Crippen LogP contribution in [0.4, 0.5) is 4.39 Å². The molecule has 0 amide bonds. The summed E-state index contributed by atoms with van der Waals surface area (Å²) in [5.74, 6) is -0.241. The SMILES string of the molecule is CNCC(=Cc1cc(F)ccc1C)B1OC(C)(C)C(C)(C)O1. The van der Waals surface area contributed by atoms with Crippen LogP contribution in [0.25, 0.3) is 6.08 Å². The van der Waals surface area contributed by atoms with Crippen LogP contribution in [0.3, 0.4) is 0 Å². The second-order valence-electron chi connectivity index (χ2n) is 6.84. The maximum atomic E-state index is 13.5. The Morgan fingerprint density at radius 3 is 2.36 bits per heavy atom. The summed E-state index contributed by atoms with van der Waals surface area (Å²) in [6.45, 7) is 10.7. The predicted octanol–water partition coefficient (Wildman–Crippen LogP) is 3.37. The third kappa shape index (κ3) is 3.42. The fraction of sp³-hybridized carbons (Fsp3) is 0.529. The van der Waals surface area contributed by atoms with E-state index in [2.05, 4.69) is 5.32 Å². The molecule has 1 aliphatic heterocycles. The molecule has 0 bridgehead atoms. The van der Waals surface area contributed by atoms with Crippen molar-refractivity contribution in [2.75, 3.05) is 13.6 Å². The minimum absolute atomic E-state index is 0.241. The Labute approximate surface area is 133 Å². The van der Waals surface area contributed by atoms with Crippen molar-refractivity contribution in [3.05, 3.63) is 40.6 Å². The number of likely N-dealkylation sites (N-methyl/N-ethyl adjacent to an activating group) is 1. The summed E-state index contributed by atoms with van der Waals surface area (Å²) in [7, 11) is 1.44. The number of rotatable bonds is 4. The molecule has 0 radical (unpaired) electrons. The summed E-state index contributed by atoms with van der Waals surface area (Å²) >= 11 is 0. The van der Waals surface area contributed by atoms with Gasteiger partial charge in [-0.25, -0.2) is 4.39 Å². The molecular weight excluding hydrogens is 280 g/mol. The van der Waals surface area contributed by atoms with E-state index in [1.807, 2.05) is 47.7 Å². The van der Waals surface area contributed by atoms with Crippen LogP contribution < -0.4 is 5.32 Å². The summed E-state index contributed by atoms with van der Waals surface area (Å²) in [4.78, 5) is 0. The third-order valence-electron chi connectivity index (χ3n) is 4.52. The standard InChI is InChI=1S/C17H25BFNO2/c1-12-7-8-15(19)10-13(12)9-14(11-20-6)18-21-16(2,3)17(4,5)22-18/h7-10,20H,11H2,1-6H3. The lowest BCUT2D eigenvalue weighted by atomic mass is 9.76. The molecule has 0 aliphatic carbocycles. The fourth-order valence-corrected chi connectivity index (χ4v) is 2.37. The zero-order valence-electron chi connectivity index (χ0n) is 14.3. The highest BCUT2D eigenvalue weighted by Crippen LogP contribution is 2.38. The molecule has 0 atom stereocenters. The van der Waals surface area contributed by atoms with Crippen LogP contribution in [0, 0.1) is 12.7 Å². The van der Waals surface area contributed by atoms with E-state index in [1.165, 1.54) is 12.1 Å². The van der Waals surface area contributed by atoms with E-state index >= 15 is 0 Å². The molecule has 1 N–H and O–H groups in total. The average molecular weight is 305 g/mol. The maximum absolute atomic E-state index is 13.5. The fourth-order valence-electron chi connectivity index (χ4n) is 2.37. The lowest BCUT2D eigenvalue weighted by Gasteiger charge is -2.32. The molecule has 1 fully saturated rings. The van der Waals surface area contributed by atoms with Gasteiger partial charge in [0, 0.05) is 6.54 Å². The van der Waals surface area contributed by atoms with E-state index in [4.69, 9.17) is 9.31 Å². The first kappa shape index (κ1) is 17.2. The van der Waals surface area contributed by atoms with Gasteiger partial charge in [0.1, 0.15) is 5.82 Å². The Kier molecular flexibility index (Phi) is 4.80. The van der Waals surface area contributed by atoms with Crippen LogP contribution in [0.5, 0.6) is 0 Å². The molecule has 120 valence electrons. The zero-order valence-corrected chi connectivity index (χ0v) is 14.3. The average Bonchev–Trinajstić information content (AvgIpc) is 2.62. The van der Waals surface area contributed by atoms with Gasteiger partial charge in [0.2, 0.25) is 0 Å². The number of aryl methyl sites for hydroxylation is 1. The zero-order chi connectivity index (χ0) is 16.5. The number of hydrogen-bond donors (Lipinski definition) is 1. The Balaban J connectivity index is 2.35. The molecule has 1 aromatic rings. The topological polar surface area (TPSA) is 30.5 Å². The molecule has 2 rings (SSSR count). The molecule has 0 unspecified atom stereocenters. The molecule has 0 saturated carbocycles. The number of halogens is 1. The van der Waals surface area contributed by atoms with Crippen LogP contribution >= 0.6 is 0 Å². The monoisotopic (exact) mass is 305 g/mol. The van der Waals surface area contributed by atoms with Gasteiger partial charge in [-0.3, -0.25) is 0 Å². The first-order valence-electron chi connectivity index (χ1n) is 7.63. The van der Waals surface area contributed by atoms with Crippen molar-refractivity contribution in [1.29, 1.82) is 0 Å². The summed E-state index contributed by atoms with van der Waals surface area (Å²) in [6, 6.07) is 4.79. The van der Waals surface area contributed by atoms with E-state index in [0.29, 0.717) is 6.54 Å². The highest BCUT2D eigenvalue weighted by Gasteiger charge is 2.52. The van der Waals surface area contributed by atoms with Gasteiger partial charge in [0.05, 0.1) is 11.2 Å². The first-order chi connectivity index (χ1) is 10.2. The molecule has 0 spiro atoms. The summed E-state index contributed by atoms with van der Waals surface area (Å²) in [5.41, 5.74) is 2.05. The van der Waals surface area contributed by atoms with Crippen molar-refractivity contribution in [3.8, 4) is 0 Å². The molecule has 5 heteroatoms. The van der Waals surface area contributed by atoms with E-state index in [9.17, 15) is 4.39 Å². The van der Waals surface area contributed by atoms with Gasteiger partial charge in [-0.1, -0.05) is 12.1 Å². The lowest BCUT2D eigenvalue weighted by Crippen LogP contribution is -2.41. The van der Waals surface area contributed by atoms with Crippen LogP contribution in [-0.4, -0.2) is 31.9 Å². The maximum Gasteiger partial charge on any atom is 0.491 e. The van der Waals surface area contributed by atoms with Gasteiger partial charge in [0.25, 0.3) is 0 Å². The number of hydrogen-bond acceptors (Lipinski definition) is 3. The lowest BCUT2D eigenvalue weighted by molar-refractivity contribution is 0.00578. The van der Waals surface area contributed by atoms with Crippen LogP contribution in [0.1, 0.15) is 38.8 Å². The minimum Gasteiger partial charge on any atom is -0.400 e. The molecule has 1 saturated heterocycles. The van der Waals surface area contributed by atoms with Gasteiger partial charge >= 0.3 is 7.12 Å². The van der Waals surface area contributed by atoms with Crippen molar-refractivity contribution in [2.45, 2.75) is 45.8 Å². The van der Waals surface area contributed by atoms with Crippen molar-refractivity contribution in [2.24, 2.45) is 0 Å². The van der Waals surface area contributed by atoms with Gasteiger partial charge in [-0.2, -0.15) is 0 Å². The van der Waals surface area contributed by atoms with Crippen molar-refractivity contribution in [3.63, 3.8) is 0 Å². The Bertz CT molecular complexity index is 568. The molecule has 22 heavy (non-hydrogen) atoms. The predicted molar refractivity (Wildman–Crippen MR) is 89.1 cm³/mol. The molecule has 1 aromatic carbocycles. The summed E-state index contributed by atoms with van der Waals surface area (Å²) in [5, 5.41) is 3.13. The van der Waals surface area contributed by atoms with Crippen molar-refractivity contribution < 1.29 is 13.7 Å². The highest BCUT2D eigenvalue weighted by molar-refractivity contribution is 6.55. The Morgan fingerprint density at radius 2 is 1.82 bits per heavy atom. The second-order valence-corrected chi connectivity index (χ2v) is 6.84. The number of benzene rings is 1. The van der Waals surface area contributed by atoms with Gasteiger partial charge in [0.15, 0.2) is 0 Å². The number of nitrogens with one attached hydrogen (secondary N) is 1. The van der Waals surface area contributed by atoms with Gasteiger partial charge in [-0.05, 0) is 70.4 Å². The highest BCUT2D eigenvalue weighted by atomic mass is 19.1. The van der Waals surface area contributed by atoms with E-state index < -0.39 is 7.12 Å². The third-order valence-corrected chi connectivity index (χ3v) is 4.52. The van der Waals surface area contributed by atoms with Gasteiger partial charge in [-0.15, -0.1) is 0 Å². The van der Waals surface area contributed by atoms with Crippen molar-refractivity contribution in [1.82, 2.24) is 5.32 Å². The Morgan fingerprint density at radius 1 is 1.23 bits per heavy atom. The van der Waals surface area contributed by atoms with Crippen LogP contribution in [0.15, 0.2) is 23.7 Å².